The minimum Gasteiger partial charge on any atom is -0.467 e. The van der Waals surface area contributed by atoms with Gasteiger partial charge in [-0.15, -0.1) is 5.10 Å². The first-order chi connectivity index (χ1) is 10.2. The van der Waals surface area contributed by atoms with Gasteiger partial charge in [-0.05, 0) is 13.1 Å². The Hall–Kier alpha value is -1.12. The van der Waals surface area contributed by atoms with Crippen LogP contribution in [0.3, 0.4) is 0 Å². The fourth-order valence-corrected chi connectivity index (χ4v) is 3.04. The monoisotopic (exact) mass is 330 g/mol. The van der Waals surface area contributed by atoms with Crippen molar-refractivity contribution in [3.05, 3.63) is 6.20 Å². The molecule has 126 valence electrons. The van der Waals surface area contributed by atoms with Gasteiger partial charge in [0, 0.05) is 27.8 Å². The summed E-state index contributed by atoms with van der Waals surface area (Å²) in [6.07, 6.45) is 0.140. The maximum Gasteiger partial charge on any atom is 0.256 e. The maximum absolute atomic E-state index is 13.8. The molecule has 0 saturated carbocycles. The van der Waals surface area contributed by atoms with Crippen LogP contribution in [0.2, 0.25) is 25.7 Å². The molecule has 0 aromatic carbocycles. The number of likely N-dealkylation sites (N-methyl/N-ethyl adjacent to an activating group) is 1. The molecule has 0 amide bonds. The van der Waals surface area contributed by atoms with E-state index in [0.717, 1.165) is 6.04 Å². The zero-order chi connectivity index (χ0) is 16.3. The third-order valence-corrected chi connectivity index (χ3v) is 5.32. The lowest BCUT2D eigenvalue weighted by atomic mass is 10.3. The Morgan fingerprint density at radius 3 is 2.73 bits per heavy atom. The van der Waals surface area contributed by atoms with E-state index in [1.807, 2.05) is 11.9 Å². The van der Waals surface area contributed by atoms with Crippen molar-refractivity contribution in [2.75, 3.05) is 32.5 Å². The van der Waals surface area contributed by atoms with Crippen LogP contribution in [-0.2, 0) is 11.5 Å². The highest BCUT2D eigenvalue weighted by molar-refractivity contribution is 6.76. The second-order valence-corrected chi connectivity index (χ2v) is 12.8. The van der Waals surface area contributed by atoms with Crippen LogP contribution in [0, 0.1) is 0 Å². The van der Waals surface area contributed by atoms with Gasteiger partial charge in [-0.1, -0.05) is 19.6 Å². The number of halogens is 1. The van der Waals surface area contributed by atoms with Crippen LogP contribution in [-0.4, -0.2) is 61.8 Å². The molecule has 2 unspecified atom stereocenters. The summed E-state index contributed by atoms with van der Waals surface area (Å²) < 4.78 is 26.6. The lowest BCUT2D eigenvalue weighted by molar-refractivity contribution is 0.0752. The highest BCUT2D eigenvalue weighted by atomic mass is 28.3. The zero-order valence-corrected chi connectivity index (χ0v) is 14.9. The number of hydrogen-bond donors (Lipinski definition) is 1. The Bertz CT molecular complexity index is 492. The van der Waals surface area contributed by atoms with Gasteiger partial charge in [0.15, 0.2) is 6.17 Å². The van der Waals surface area contributed by atoms with E-state index in [2.05, 4.69) is 24.7 Å². The largest absolute Gasteiger partial charge is 0.467 e. The fraction of sp³-hybridized carbons (Fsp3) is 0.786. The molecule has 8 heteroatoms. The summed E-state index contributed by atoms with van der Waals surface area (Å²) in [5.41, 5.74) is 6.29. The molecule has 6 nitrogen and oxygen atoms in total. The van der Waals surface area contributed by atoms with Crippen molar-refractivity contribution in [2.45, 2.75) is 44.7 Å². The number of nitrogen functional groups attached to an aromatic ring is 1. The average Bonchev–Trinajstić information content (AvgIpc) is 2.88. The van der Waals surface area contributed by atoms with Crippen molar-refractivity contribution in [1.29, 1.82) is 0 Å². The average molecular weight is 330 g/mol. The smallest absolute Gasteiger partial charge is 0.256 e. The summed E-state index contributed by atoms with van der Waals surface area (Å²) in [5.74, 6) is 0.289. The molecule has 0 spiro atoms. The summed E-state index contributed by atoms with van der Waals surface area (Å²) in [6, 6.07) is 1.10. The van der Waals surface area contributed by atoms with Crippen molar-refractivity contribution in [3.63, 3.8) is 0 Å². The van der Waals surface area contributed by atoms with Crippen molar-refractivity contribution in [3.8, 4) is 5.88 Å². The molecule has 2 rings (SSSR count). The molecule has 0 aliphatic carbocycles. The van der Waals surface area contributed by atoms with E-state index in [9.17, 15) is 4.39 Å². The second-order valence-electron chi connectivity index (χ2n) is 7.17. The number of hydrogen-bond acceptors (Lipinski definition) is 5. The number of aromatic nitrogens is 2. The van der Waals surface area contributed by atoms with E-state index < -0.39 is 20.3 Å². The molecule has 1 aliphatic rings. The molecule has 1 aromatic rings. The Kier molecular flexibility index (Phi) is 5.46. The van der Waals surface area contributed by atoms with Gasteiger partial charge in [0.1, 0.15) is 18.5 Å². The third-order valence-electron chi connectivity index (χ3n) is 3.62. The molecule has 2 heterocycles. The van der Waals surface area contributed by atoms with E-state index in [-0.39, 0.29) is 5.88 Å². The van der Waals surface area contributed by atoms with Gasteiger partial charge < -0.3 is 15.2 Å². The second kappa shape index (κ2) is 6.97. The van der Waals surface area contributed by atoms with E-state index in [1.165, 1.54) is 0 Å². The van der Waals surface area contributed by atoms with Gasteiger partial charge >= 0.3 is 0 Å². The molecule has 2 N–H and O–H groups in total. The molecule has 1 saturated heterocycles. The standard InChI is InChI=1S/C14H27FN4O2Si/c1-18-7-11(15)13(9-18)21-14-12(16)8-19(17-14)10-20-5-6-22(2,3)4/h8,11,13H,5-7,9-10,16H2,1-4H3. The van der Waals surface area contributed by atoms with Crippen LogP contribution < -0.4 is 10.5 Å². The highest BCUT2D eigenvalue weighted by Crippen LogP contribution is 2.24. The fourth-order valence-electron chi connectivity index (χ4n) is 2.28. The molecule has 2 atom stereocenters. The lowest BCUT2D eigenvalue weighted by Gasteiger charge is -2.15. The van der Waals surface area contributed by atoms with Gasteiger partial charge in [0.25, 0.3) is 5.88 Å². The summed E-state index contributed by atoms with van der Waals surface area (Å²) in [7, 11) is 0.775. The van der Waals surface area contributed by atoms with Crippen LogP contribution in [0.1, 0.15) is 0 Å². The lowest BCUT2D eigenvalue weighted by Crippen LogP contribution is -2.27. The van der Waals surface area contributed by atoms with E-state index >= 15 is 0 Å². The van der Waals surface area contributed by atoms with Crippen LogP contribution in [0.5, 0.6) is 5.88 Å². The Balaban J connectivity index is 1.83. The molecule has 22 heavy (non-hydrogen) atoms. The van der Waals surface area contributed by atoms with Gasteiger partial charge in [-0.2, -0.15) is 0 Å². The van der Waals surface area contributed by atoms with Crippen molar-refractivity contribution in [2.24, 2.45) is 0 Å². The minimum atomic E-state index is -1.09. The van der Waals surface area contributed by atoms with Crippen molar-refractivity contribution in [1.82, 2.24) is 14.7 Å². The summed E-state index contributed by atoms with van der Waals surface area (Å²) in [5, 5.41) is 4.24. The van der Waals surface area contributed by atoms with Crippen LogP contribution >= 0.6 is 0 Å². The number of alkyl halides is 1. The number of likely N-dealkylation sites (tertiary alicyclic amines) is 1. The number of nitrogens with zero attached hydrogens (tertiary/aromatic N) is 3. The number of nitrogens with two attached hydrogens (primary N) is 1. The van der Waals surface area contributed by atoms with E-state index in [4.69, 9.17) is 15.2 Å². The molecule has 0 bridgehead atoms. The zero-order valence-electron chi connectivity index (χ0n) is 13.9. The first-order valence-electron chi connectivity index (χ1n) is 7.64. The first kappa shape index (κ1) is 17.2. The molecule has 1 fully saturated rings. The van der Waals surface area contributed by atoms with Crippen LogP contribution in [0.25, 0.3) is 0 Å². The Morgan fingerprint density at radius 1 is 1.41 bits per heavy atom. The van der Waals surface area contributed by atoms with Gasteiger partial charge in [0.05, 0.1) is 6.20 Å². The topological polar surface area (TPSA) is 65.5 Å². The summed E-state index contributed by atoms with van der Waals surface area (Å²) in [6.45, 7) is 8.89. The number of rotatable bonds is 7. The van der Waals surface area contributed by atoms with Gasteiger partial charge in [-0.25, -0.2) is 9.07 Å². The molecule has 0 radical (unpaired) electrons. The molecule has 1 aromatic heterocycles. The summed E-state index contributed by atoms with van der Waals surface area (Å²) in [4.78, 5) is 1.89. The van der Waals surface area contributed by atoms with Crippen molar-refractivity contribution < 1.29 is 13.9 Å². The predicted molar refractivity (Wildman–Crippen MR) is 87.6 cm³/mol. The summed E-state index contributed by atoms with van der Waals surface area (Å²) >= 11 is 0. The third kappa shape index (κ3) is 4.96. The Labute approximate surface area is 132 Å². The normalized spacial score (nSPS) is 23.1. The van der Waals surface area contributed by atoms with Crippen LogP contribution in [0.4, 0.5) is 10.1 Å². The first-order valence-corrected chi connectivity index (χ1v) is 11.4. The SMILES string of the molecule is CN1CC(F)C(Oc2nn(COCC[Si](C)(C)C)cc2N)C1. The van der Waals surface area contributed by atoms with Gasteiger partial charge in [-0.3, -0.25) is 4.90 Å². The minimum absolute atomic E-state index is 0.289. The number of ether oxygens (including phenoxy) is 2. The molecule has 1 aliphatic heterocycles. The maximum atomic E-state index is 13.8. The molecular formula is C14H27FN4O2Si. The van der Waals surface area contributed by atoms with Crippen LogP contribution in [0.15, 0.2) is 6.20 Å². The highest BCUT2D eigenvalue weighted by Gasteiger charge is 2.33. The van der Waals surface area contributed by atoms with Crippen molar-refractivity contribution >= 4 is 13.8 Å². The quantitative estimate of drug-likeness (QED) is 0.610. The van der Waals surface area contributed by atoms with E-state index in [0.29, 0.717) is 32.1 Å². The molecular weight excluding hydrogens is 303 g/mol. The van der Waals surface area contributed by atoms with E-state index in [1.54, 1.807) is 10.9 Å². The Morgan fingerprint density at radius 2 is 2.14 bits per heavy atom. The number of anilines is 1. The predicted octanol–water partition coefficient (Wildman–Crippen LogP) is 1.81. The van der Waals surface area contributed by atoms with Gasteiger partial charge in [0.2, 0.25) is 0 Å².